The average molecular weight is 382 g/mol. The molecule has 0 N–H and O–H groups in total. The third kappa shape index (κ3) is 4.17. The van der Waals surface area contributed by atoms with Gasteiger partial charge in [0, 0.05) is 17.1 Å². The monoisotopic (exact) mass is 381 g/mol. The van der Waals surface area contributed by atoms with E-state index in [4.69, 9.17) is 21.1 Å². The minimum absolute atomic E-state index is 0.159. The summed E-state index contributed by atoms with van der Waals surface area (Å²) in [7, 11) is 0. The lowest BCUT2D eigenvalue weighted by atomic mass is 10.2. The zero-order valence-electron chi connectivity index (χ0n) is 15.0. The highest BCUT2D eigenvalue weighted by Crippen LogP contribution is 2.37. The molecular weight excluding hydrogens is 362 g/mol. The molecule has 2 aromatic carbocycles. The highest BCUT2D eigenvalue weighted by atomic mass is 35.5. The van der Waals surface area contributed by atoms with Crippen molar-refractivity contribution in [2.45, 2.75) is 32.4 Å². The summed E-state index contributed by atoms with van der Waals surface area (Å²) in [4.78, 5) is 12.6. The van der Waals surface area contributed by atoms with Gasteiger partial charge in [-0.1, -0.05) is 29.8 Å². The molecule has 0 spiro atoms. The lowest BCUT2D eigenvalue weighted by Crippen LogP contribution is -2.15. The summed E-state index contributed by atoms with van der Waals surface area (Å²) >= 11 is 6.00. The van der Waals surface area contributed by atoms with Gasteiger partial charge in [-0.2, -0.15) is 0 Å². The molecule has 1 aliphatic rings. The van der Waals surface area contributed by atoms with Crippen molar-refractivity contribution in [2.24, 2.45) is 0 Å². The Bertz CT molecular complexity index is 1010. The second-order valence-electron chi connectivity index (χ2n) is 6.75. The molecule has 5 heteroatoms. The number of para-hydroxylation sites is 1. The number of halogens is 1. The van der Waals surface area contributed by atoms with E-state index in [1.807, 2.05) is 43.3 Å². The first-order valence-electron chi connectivity index (χ1n) is 8.97. The van der Waals surface area contributed by atoms with Crippen LogP contribution in [-0.2, 0) is 6.61 Å². The van der Waals surface area contributed by atoms with Gasteiger partial charge in [0.25, 0.3) is 0 Å². The molecular formula is C22H20ClNO3. The summed E-state index contributed by atoms with van der Waals surface area (Å²) in [5.41, 5.74) is 1.58. The molecule has 4 nitrogen and oxygen atoms in total. The van der Waals surface area contributed by atoms with Gasteiger partial charge < -0.3 is 14.0 Å². The van der Waals surface area contributed by atoms with Gasteiger partial charge >= 0.3 is 0 Å². The predicted octanol–water partition coefficient (Wildman–Crippen LogP) is 5.52. The molecule has 0 atom stereocenters. The number of benzene rings is 2. The Balaban J connectivity index is 1.60. The zero-order valence-corrected chi connectivity index (χ0v) is 15.8. The Morgan fingerprint density at radius 1 is 1.07 bits per heavy atom. The van der Waals surface area contributed by atoms with Crippen LogP contribution in [0.3, 0.4) is 0 Å². The van der Waals surface area contributed by atoms with Gasteiger partial charge in [0.15, 0.2) is 5.75 Å². The van der Waals surface area contributed by atoms with Gasteiger partial charge in [-0.05, 0) is 55.7 Å². The van der Waals surface area contributed by atoms with Crippen molar-refractivity contribution < 1.29 is 9.47 Å². The Hall–Kier alpha value is -2.72. The predicted molar refractivity (Wildman–Crippen MR) is 106 cm³/mol. The lowest BCUT2D eigenvalue weighted by molar-refractivity contribution is 0.292. The number of rotatable bonds is 6. The van der Waals surface area contributed by atoms with Crippen molar-refractivity contribution in [3.63, 3.8) is 0 Å². The third-order valence-electron chi connectivity index (χ3n) is 4.56. The molecule has 0 aliphatic heterocycles. The smallest absolute Gasteiger partial charge is 0.224 e. The molecule has 27 heavy (non-hydrogen) atoms. The maximum atomic E-state index is 12.6. The average Bonchev–Trinajstić information content (AvgIpc) is 3.50. The van der Waals surface area contributed by atoms with E-state index in [-0.39, 0.29) is 5.43 Å². The van der Waals surface area contributed by atoms with Crippen LogP contribution < -0.4 is 14.9 Å². The molecule has 138 valence electrons. The largest absolute Gasteiger partial charge is 0.487 e. The second-order valence-corrected chi connectivity index (χ2v) is 7.18. The van der Waals surface area contributed by atoms with Gasteiger partial charge in [0.05, 0.1) is 11.9 Å². The maximum Gasteiger partial charge on any atom is 0.224 e. The van der Waals surface area contributed by atoms with Crippen molar-refractivity contribution in [1.29, 1.82) is 0 Å². The summed E-state index contributed by atoms with van der Waals surface area (Å²) in [6.45, 7) is 2.25. The van der Waals surface area contributed by atoms with Gasteiger partial charge in [-0.15, -0.1) is 0 Å². The van der Waals surface area contributed by atoms with E-state index in [1.165, 1.54) is 0 Å². The standard InChI is InChI=1S/C22H20ClNO3/c1-15-11-16(23)7-10-21(15)27-22-13-24(17-8-9-17)18(12-20(22)25)14-26-19-5-3-2-4-6-19/h2-7,10-13,17H,8-9,14H2,1H3. The van der Waals surface area contributed by atoms with E-state index in [1.54, 1.807) is 24.4 Å². The van der Waals surface area contributed by atoms with Crippen LogP contribution in [0.15, 0.2) is 65.6 Å². The Labute approximate surface area is 162 Å². The number of nitrogens with zero attached hydrogens (tertiary/aromatic N) is 1. The molecule has 4 rings (SSSR count). The van der Waals surface area contributed by atoms with Crippen LogP contribution in [0.4, 0.5) is 0 Å². The van der Waals surface area contributed by atoms with Crippen molar-refractivity contribution >= 4 is 11.6 Å². The van der Waals surface area contributed by atoms with Gasteiger partial charge in [-0.25, -0.2) is 0 Å². The first kappa shape index (κ1) is 17.7. The van der Waals surface area contributed by atoms with Crippen LogP contribution in [0.5, 0.6) is 17.2 Å². The van der Waals surface area contributed by atoms with E-state index >= 15 is 0 Å². The molecule has 0 bridgehead atoms. The van der Waals surface area contributed by atoms with Crippen LogP contribution in [0, 0.1) is 6.92 Å². The number of hydrogen-bond acceptors (Lipinski definition) is 3. The summed E-state index contributed by atoms with van der Waals surface area (Å²) < 4.78 is 13.8. The van der Waals surface area contributed by atoms with Crippen LogP contribution in [0.25, 0.3) is 0 Å². The van der Waals surface area contributed by atoms with Gasteiger partial charge in [0.2, 0.25) is 5.43 Å². The number of aryl methyl sites for hydroxylation is 1. The van der Waals surface area contributed by atoms with E-state index < -0.39 is 0 Å². The maximum absolute atomic E-state index is 12.6. The first-order valence-corrected chi connectivity index (χ1v) is 9.35. The molecule has 0 radical (unpaired) electrons. The van der Waals surface area contributed by atoms with Gasteiger partial charge in [-0.3, -0.25) is 4.79 Å². The molecule has 1 saturated carbocycles. The Morgan fingerprint density at radius 3 is 2.56 bits per heavy atom. The molecule has 1 heterocycles. The fourth-order valence-corrected chi connectivity index (χ4v) is 3.20. The SMILES string of the molecule is Cc1cc(Cl)ccc1Oc1cn(C2CC2)c(COc2ccccc2)cc1=O. The highest BCUT2D eigenvalue weighted by molar-refractivity contribution is 6.30. The quantitative estimate of drug-likeness (QED) is 0.564. The minimum atomic E-state index is -0.159. The normalized spacial score (nSPS) is 13.4. The zero-order chi connectivity index (χ0) is 18.8. The van der Waals surface area contributed by atoms with Crippen LogP contribution in [0.1, 0.15) is 30.1 Å². The molecule has 0 saturated heterocycles. The fourth-order valence-electron chi connectivity index (χ4n) is 2.98. The minimum Gasteiger partial charge on any atom is -0.487 e. The lowest BCUT2D eigenvalue weighted by Gasteiger charge is -2.16. The van der Waals surface area contributed by atoms with Crippen LogP contribution in [-0.4, -0.2) is 4.57 Å². The van der Waals surface area contributed by atoms with Crippen molar-refractivity contribution in [3.05, 3.63) is 87.3 Å². The Kier molecular flexibility index (Phi) is 4.90. The molecule has 1 fully saturated rings. The molecule has 1 aromatic heterocycles. The third-order valence-corrected chi connectivity index (χ3v) is 4.79. The van der Waals surface area contributed by atoms with Crippen LogP contribution >= 0.6 is 11.6 Å². The number of pyridine rings is 1. The first-order chi connectivity index (χ1) is 13.1. The van der Waals surface area contributed by atoms with Crippen molar-refractivity contribution in [2.75, 3.05) is 0 Å². The fraction of sp³-hybridized carbons (Fsp3) is 0.227. The molecule has 3 aromatic rings. The molecule has 0 unspecified atom stereocenters. The second kappa shape index (κ2) is 7.49. The van der Waals surface area contributed by atoms with Gasteiger partial charge in [0.1, 0.15) is 18.1 Å². The van der Waals surface area contributed by atoms with E-state index in [2.05, 4.69) is 4.57 Å². The summed E-state index contributed by atoms with van der Waals surface area (Å²) in [6, 6.07) is 17.0. The Morgan fingerprint density at radius 2 is 1.85 bits per heavy atom. The summed E-state index contributed by atoms with van der Waals surface area (Å²) in [5, 5.41) is 0.642. The van der Waals surface area contributed by atoms with E-state index in [9.17, 15) is 4.79 Å². The topological polar surface area (TPSA) is 40.5 Å². The van der Waals surface area contributed by atoms with E-state index in [0.29, 0.717) is 29.2 Å². The van der Waals surface area contributed by atoms with Crippen molar-refractivity contribution in [3.8, 4) is 17.2 Å². The number of aromatic nitrogens is 1. The number of ether oxygens (including phenoxy) is 2. The number of hydrogen-bond donors (Lipinski definition) is 0. The molecule has 1 aliphatic carbocycles. The highest BCUT2D eigenvalue weighted by Gasteiger charge is 2.26. The molecule has 0 amide bonds. The van der Waals surface area contributed by atoms with Crippen LogP contribution in [0.2, 0.25) is 5.02 Å². The summed E-state index contributed by atoms with van der Waals surface area (Å²) in [5.74, 6) is 1.73. The van der Waals surface area contributed by atoms with E-state index in [0.717, 1.165) is 29.8 Å². The summed E-state index contributed by atoms with van der Waals surface area (Å²) in [6.07, 6.45) is 4.00. The van der Waals surface area contributed by atoms with Crippen molar-refractivity contribution in [1.82, 2.24) is 4.57 Å².